The van der Waals surface area contributed by atoms with E-state index < -0.39 is 0 Å². The first-order valence-corrected chi connectivity index (χ1v) is 7.56. The van der Waals surface area contributed by atoms with Crippen LogP contribution in [-0.4, -0.2) is 9.97 Å². The summed E-state index contributed by atoms with van der Waals surface area (Å²) >= 11 is 6.26. The van der Waals surface area contributed by atoms with Crippen molar-refractivity contribution >= 4 is 11.6 Å². The first-order chi connectivity index (χ1) is 8.65. The number of aromatic nitrogens is 2. The van der Waals surface area contributed by atoms with Gasteiger partial charge in [0.25, 0.3) is 0 Å². The maximum absolute atomic E-state index is 6.26. The van der Waals surface area contributed by atoms with Gasteiger partial charge in [0.2, 0.25) is 0 Å². The van der Waals surface area contributed by atoms with E-state index in [1.807, 2.05) is 6.92 Å². The van der Waals surface area contributed by atoms with E-state index in [1.54, 1.807) is 0 Å². The largest absolute Gasteiger partial charge is 0.238 e. The van der Waals surface area contributed by atoms with E-state index in [2.05, 4.69) is 23.8 Å². The highest BCUT2D eigenvalue weighted by molar-refractivity contribution is 6.30. The SMILES string of the molecule is CCc1c(C)nc(C2CCC(CC)CC2)nc1Cl. The Kier molecular flexibility index (Phi) is 4.60. The van der Waals surface area contributed by atoms with Gasteiger partial charge in [-0.05, 0) is 44.9 Å². The van der Waals surface area contributed by atoms with E-state index in [4.69, 9.17) is 11.6 Å². The molecule has 2 rings (SSSR count). The first-order valence-electron chi connectivity index (χ1n) is 7.18. The molecule has 1 aromatic heterocycles. The predicted molar refractivity (Wildman–Crippen MR) is 76.1 cm³/mol. The van der Waals surface area contributed by atoms with Gasteiger partial charge in [-0.1, -0.05) is 31.9 Å². The summed E-state index contributed by atoms with van der Waals surface area (Å²) in [6.45, 7) is 6.44. The highest BCUT2D eigenvalue weighted by Gasteiger charge is 2.24. The molecule has 0 unspecified atom stereocenters. The van der Waals surface area contributed by atoms with E-state index in [1.165, 1.54) is 32.1 Å². The molecule has 0 aromatic carbocycles. The molecule has 0 bridgehead atoms. The summed E-state index contributed by atoms with van der Waals surface area (Å²) in [4.78, 5) is 9.22. The Bertz CT molecular complexity index is 386. The average molecular weight is 267 g/mol. The van der Waals surface area contributed by atoms with Gasteiger partial charge in [0.1, 0.15) is 11.0 Å². The van der Waals surface area contributed by atoms with Crippen LogP contribution in [0.15, 0.2) is 0 Å². The van der Waals surface area contributed by atoms with Crippen LogP contribution in [0.25, 0.3) is 0 Å². The minimum Gasteiger partial charge on any atom is -0.238 e. The molecule has 0 spiro atoms. The fourth-order valence-electron chi connectivity index (χ4n) is 2.99. The van der Waals surface area contributed by atoms with Crippen LogP contribution in [0.3, 0.4) is 0 Å². The molecule has 1 aliphatic rings. The lowest BCUT2D eigenvalue weighted by molar-refractivity contribution is 0.312. The topological polar surface area (TPSA) is 25.8 Å². The fraction of sp³-hybridized carbons (Fsp3) is 0.733. The molecule has 3 heteroatoms. The van der Waals surface area contributed by atoms with E-state index >= 15 is 0 Å². The van der Waals surface area contributed by atoms with Crippen molar-refractivity contribution < 1.29 is 0 Å². The lowest BCUT2D eigenvalue weighted by Crippen LogP contribution is -2.16. The standard InChI is InChI=1S/C15H23ClN2/c1-4-11-6-8-12(9-7-11)15-17-10(3)13(5-2)14(16)18-15/h11-12H,4-9H2,1-3H3. The fourth-order valence-corrected chi connectivity index (χ4v) is 3.35. The highest BCUT2D eigenvalue weighted by atomic mass is 35.5. The molecule has 1 heterocycles. The molecule has 0 radical (unpaired) electrons. The van der Waals surface area contributed by atoms with E-state index in [0.717, 1.165) is 29.4 Å². The van der Waals surface area contributed by atoms with Gasteiger partial charge < -0.3 is 0 Å². The third-order valence-corrected chi connectivity index (χ3v) is 4.64. The summed E-state index contributed by atoms with van der Waals surface area (Å²) < 4.78 is 0. The zero-order valence-electron chi connectivity index (χ0n) is 11.7. The van der Waals surface area contributed by atoms with Crippen molar-refractivity contribution in [2.75, 3.05) is 0 Å². The Hall–Kier alpha value is -0.630. The third kappa shape index (κ3) is 2.85. The monoisotopic (exact) mass is 266 g/mol. The number of hydrogen-bond donors (Lipinski definition) is 0. The molecule has 2 nitrogen and oxygen atoms in total. The Morgan fingerprint density at radius 1 is 1.11 bits per heavy atom. The zero-order chi connectivity index (χ0) is 13.1. The minimum atomic E-state index is 0.523. The summed E-state index contributed by atoms with van der Waals surface area (Å²) in [5.74, 6) is 2.41. The van der Waals surface area contributed by atoms with Crippen LogP contribution < -0.4 is 0 Å². The summed E-state index contributed by atoms with van der Waals surface area (Å²) in [6.07, 6.45) is 7.29. The average Bonchev–Trinajstić information content (AvgIpc) is 2.38. The lowest BCUT2D eigenvalue weighted by atomic mass is 9.80. The molecule has 1 aromatic rings. The summed E-state index contributed by atoms with van der Waals surface area (Å²) in [7, 11) is 0. The second kappa shape index (κ2) is 6.01. The first kappa shape index (κ1) is 13.8. The van der Waals surface area contributed by atoms with Gasteiger partial charge in [-0.25, -0.2) is 9.97 Å². The number of nitrogens with zero attached hydrogens (tertiary/aromatic N) is 2. The van der Waals surface area contributed by atoms with Gasteiger partial charge >= 0.3 is 0 Å². The molecular weight excluding hydrogens is 244 g/mol. The molecule has 0 amide bonds. The molecule has 1 aliphatic carbocycles. The Labute approximate surface area is 115 Å². The molecule has 0 N–H and O–H groups in total. The van der Waals surface area contributed by atoms with Crippen LogP contribution in [0.1, 0.15) is 69.0 Å². The summed E-state index contributed by atoms with van der Waals surface area (Å²) in [5, 5.41) is 0.664. The second-order valence-electron chi connectivity index (χ2n) is 5.42. The van der Waals surface area contributed by atoms with Crippen LogP contribution in [0.2, 0.25) is 5.15 Å². The van der Waals surface area contributed by atoms with Gasteiger partial charge in [0.15, 0.2) is 0 Å². The number of hydrogen-bond acceptors (Lipinski definition) is 2. The van der Waals surface area contributed by atoms with Crippen LogP contribution in [0, 0.1) is 12.8 Å². The van der Waals surface area contributed by atoms with E-state index in [-0.39, 0.29) is 0 Å². The van der Waals surface area contributed by atoms with Crippen LogP contribution in [0.5, 0.6) is 0 Å². The third-order valence-electron chi connectivity index (χ3n) is 4.32. The summed E-state index contributed by atoms with van der Waals surface area (Å²) in [6, 6.07) is 0. The number of halogens is 1. The van der Waals surface area contributed by atoms with Crippen molar-refractivity contribution in [1.82, 2.24) is 9.97 Å². The normalized spacial score (nSPS) is 24.2. The van der Waals surface area contributed by atoms with Crippen molar-refractivity contribution in [1.29, 1.82) is 0 Å². The van der Waals surface area contributed by atoms with Gasteiger partial charge in [0.05, 0.1) is 0 Å². The molecule has 0 saturated heterocycles. The summed E-state index contributed by atoms with van der Waals surface area (Å²) in [5.41, 5.74) is 2.16. The van der Waals surface area contributed by atoms with E-state index in [0.29, 0.717) is 11.1 Å². The Balaban J connectivity index is 2.15. The molecule has 0 atom stereocenters. The van der Waals surface area contributed by atoms with Gasteiger partial charge in [-0.2, -0.15) is 0 Å². The predicted octanol–water partition coefficient (Wildman–Crippen LogP) is 4.68. The molecule has 1 saturated carbocycles. The maximum Gasteiger partial charge on any atom is 0.136 e. The van der Waals surface area contributed by atoms with Gasteiger partial charge in [-0.3, -0.25) is 0 Å². The molecule has 0 aliphatic heterocycles. The number of rotatable bonds is 3. The van der Waals surface area contributed by atoms with Crippen LogP contribution in [-0.2, 0) is 6.42 Å². The molecule has 1 fully saturated rings. The van der Waals surface area contributed by atoms with Crippen molar-refractivity contribution in [2.45, 2.75) is 65.2 Å². The minimum absolute atomic E-state index is 0.523. The van der Waals surface area contributed by atoms with Crippen LogP contribution in [0.4, 0.5) is 0 Å². The smallest absolute Gasteiger partial charge is 0.136 e. The van der Waals surface area contributed by atoms with Crippen LogP contribution >= 0.6 is 11.6 Å². The second-order valence-corrected chi connectivity index (χ2v) is 5.77. The molecule has 18 heavy (non-hydrogen) atoms. The Morgan fingerprint density at radius 2 is 1.78 bits per heavy atom. The van der Waals surface area contributed by atoms with Gasteiger partial charge in [-0.15, -0.1) is 0 Å². The number of aryl methyl sites for hydroxylation is 1. The molecular formula is C15H23ClN2. The zero-order valence-corrected chi connectivity index (χ0v) is 12.4. The van der Waals surface area contributed by atoms with Crippen molar-refractivity contribution in [2.24, 2.45) is 5.92 Å². The maximum atomic E-state index is 6.26. The molecule has 100 valence electrons. The Morgan fingerprint density at radius 3 is 2.28 bits per heavy atom. The van der Waals surface area contributed by atoms with Crippen molar-refractivity contribution in [3.63, 3.8) is 0 Å². The quantitative estimate of drug-likeness (QED) is 0.742. The van der Waals surface area contributed by atoms with Crippen molar-refractivity contribution in [3.8, 4) is 0 Å². The van der Waals surface area contributed by atoms with Crippen molar-refractivity contribution in [3.05, 3.63) is 22.2 Å². The van der Waals surface area contributed by atoms with E-state index in [9.17, 15) is 0 Å². The lowest BCUT2D eigenvalue weighted by Gasteiger charge is -2.27. The highest BCUT2D eigenvalue weighted by Crippen LogP contribution is 2.36. The van der Waals surface area contributed by atoms with Gasteiger partial charge in [0, 0.05) is 17.2 Å².